The molecule has 0 bridgehead atoms. The van der Waals surface area contributed by atoms with Crippen LogP contribution in [0.1, 0.15) is 78.7 Å². The highest BCUT2D eigenvalue weighted by Gasteiger charge is 2.37. The maximum Gasteiger partial charge on any atom is 0.335 e. The molecule has 1 aliphatic rings. The van der Waals surface area contributed by atoms with Gasteiger partial charge in [0.25, 0.3) is 0 Å². The Morgan fingerprint density at radius 1 is 0.968 bits per heavy atom. The minimum atomic E-state index is -0.912. The molecule has 1 N–H and O–H groups in total. The van der Waals surface area contributed by atoms with Crippen molar-refractivity contribution in [3.05, 3.63) is 69.8 Å². The smallest absolute Gasteiger partial charge is 0.335 e. The third kappa shape index (κ3) is 5.44. The van der Waals surface area contributed by atoms with Crippen LogP contribution in [-0.2, 0) is 26.9 Å². The summed E-state index contributed by atoms with van der Waals surface area (Å²) in [5, 5.41) is 9.10. The average molecular weight is 423 g/mol. The van der Waals surface area contributed by atoms with E-state index in [0.717, 1.165) is 17.5 Å². The van der Waals surface area contributed by atoms with Crippen molar-refractivity contribution >= 4 is 18.1 Å². The van der Waals surface area contributed by atoms with Crippen LogP contribution in [0.4, 0.5) is 0 Å². The zero-order valence-corrected chi connectivity index (χ0v) is 19.3. The Labute approximate surface area is 185 Å². The number of methoxy groups -OCH3 is 1. The Morgan fingerprint density at radius 2 is 1.58 bits per heavy atom. The van der Waals surface area contributed by atoms with Crippen LogP contribution in [0.25, 0.3) is 12.2 Å². The maximum atomic E-state index is 11.1. The monoisotopic (exact) mass is 422 g/mol. The number of ether oxygens (including phenoxy) is 2. The lowest BCUT2D eigenvalue weighted by molar-refractivity contribution is 0.0615. The predicted octanol–water partition coefficient (Wildman–Crippen LogP) is 6.07. The van der Waals surface area contributed by atoms with Crippen LogP contribution in [0.2, 0.25) is 0 Å². The molecule has 0 unspecified atom stereocenters. The van der Waals surface area contributed by atoms with Gasteiger partial charge >= 0.3 is 5.97 Å². The first-order valence-corrected chi connectivity index (χ1v) is 10.9. The van der Waals surface area contributed by atoms with Crippen molar-refractivity contribution in [2.24, 2.45) is 0 Å². The minimum absolute atomic E-state index is 0.131. The molecule has 1 aliphatic carbocycles. The summed E-state index contributed by atoms with van der Waals surface area (Å²) in [6, 6.07) is 11.6. The van der Waals surface area contributed by atoms with Gasteiger partial charge in [-0.05, 0) is 63.6 Å². The zero-order chi connectivity index (χ0) is 22.6. The van der Waals surface area contributed by atoms with E-state index in [1.54, 1.807) is 19.2 Å². The van der Waals surface area contributed by atoms with Gasteiger partial charge in [-0.3, -0.25) is 0 Å². The van der Waals surface area contributed by atoms with Crippen LogP contribution >= 0.6 is 0 Å². The third-order valence-electron chi connectivity index (χ3n) is 6.41. The van der Waals surface area contributed by atoms with E-state index < -0.39 is 5.97 Å². The molecule has 0 fully saturated rings. The predicted molar refractivity (Wildman–Crippen MR) is 126 cm³/mol. The van der Waals surface area contributed by atoms with Crippen molar-refractivity contribution < 1.29 is 19.4 Å². The van der Waals surface area contributed by atoms with E-state index >= 15 is 0 Å². The Morgan fingerprint density at radius 3 is 2.16 bits per heavy atom. The summed E-state index contributed by atoms with van der Waals surface area (Å²) >= 11 is 0. The van der Waals surface area contributed by atoms with E-state index in [1.807, 2.05) is 18.2 Å². The van der Waals surface area contributed by atoms with Crippen LogP contribution in [0.5, 0.6) is 0 Å². The molecule has 0 heterocycles. The van der Waals surface area contributed by atoms with E-state index in [-0.39, 0.29) is 10.8 Å². The van der Waals surface area contributed by atoms with Crippen molar-refractivity contribution in [3.63, 3.8) is 0 Å². The molecule has 4 heteroatoms. The van der Waals surface area contributed by atoms with E-state index in [0.29, 0.717) is 25.4 Å². The van der Waals surface area contributed by atoms with Crippen LogP contribution in [0, 0.1) is 0 Å². The van der Waals surface area contributed by atoms with Crippen molar-refractivity contribution in [1.82, 2.24) is 0 Å². The number of hydrogen-bond acceptors (Lipinski definition) is 3. The summed E-state index contributed by atoms with van der Waals surface area (Å²) in [5.41, 5.74) is 6.66. The largest absolute Gasteiger partial charge is 0.478 e. The molecule has 0 amide bonds. The van der Waals surface area contributed by atoms with E-state index in [1.165, 1.54) is 23.1 Å². The molecule has 2 aromatic rings. The minimum Gasteiger partial charge on any atom is -0.478 e. The maximum absolute atomic E-state index is 11.1. The standard InChI is InChI=1S/C27H34O4/c1-26(2)12-13-27(3,4)24-17-22(18-31-15-14-30-5)21(16-23(24)26)11-8-19-6-9-20(10-7-19)25(28)29/h6-11,16-17H,12-15,18H2,1-5H3,(H,28,29). The molecular weight excluding hydrogens is 388 g/mol. The molecule has 4 nitrogen and oxygen atoms in total. The summed E-state index contributed by atoms with van der Waals surface area (Å²) in [6.07, 6.45) is 6.48. The van der Waals surface area contributed by atoms with Gasteiger partial charge in [0.15, 0.2) is 0 Å². The molecule has 0 saturated heterocycles. The molecule has 0 atom stereocenters. The summed E-state index contributed by atoms with van der Waals surface area (Å²) in [7, 11) is 1.68. The molecule has 166 valence electrons. The highest BCUT2D eigenvalue weighted by molar-refractivity contribution is 5.88. The van der Waals surface area contributed by atoms with Crippen molar-refractivity contribution in [3.8, 4) is 0 Å². The number of carboxylic acid groups (broad SMARTS) is 1. The fourth-order valence-corrected chi connectivity index (χ4v) is 4.20. The molecule has 31 heavy (non-hydrogen) atoms. The second-order valence-electron chi connectivity index (χ2n) is 9.67. The first kappa shape index (κ1) is 23.2. The number of fused-ring (bicyclic) bond motifs is 1. The van der Waals surface area contributed by atoms with Gasteiger partial charge in [0, 0.05) is 7.11 Å². The van der Waals surface area contributed by atoms with Crippen LogP contribution in [0.15, 0.2) is 36.4 Å². The molecular formula is C27H34O4. The first-order chi connectivity index (χ1) is 14.6. The fourth-order valence-electron chi connectivity index (χ4n) is 4.20. The van der Waals surface area contributed by atoms with Crippen LogP contribution in [-0.4, -0.2) is 31.4 Å². The number of aromatic carboxylic acids is 1. The first-order valence-electron chi connectivity index (χ1n) is 10.9. The summed E-state index contributed by atoms with van der Waals surface area (Å²) in [6.45, 7) is 11.0. The zero-order valence-electron chi connectivity index (χ0n) is 19.3. The van der Waals surface area contributed by atoms with Gasteiger partial charge in [0.1, 0.15) is 0 Å². The van der Waals surface area contributed by atoms with Gasteiger partial charge in [-0.1, -0.05) is 64.1 Å². The Balaban J connectivity index is 1.98. The Kier molecular flexibility index (Phi) is 7.03. The Bertz CT molecular complexity index is 952. The van der Waals surface area contributed by atoms with Crippen molar-refractivity contribution in [2.75, 3.05) is 20.3 Å². The molecule has 3 rings (SSSR count). The van der Waals surface area contributed by atoms with E-state index in [9.17, 15) is 4.79 Å². The van der Waals surface area contributed by atoms with Crippen LogP contribution in [0.3, 0.4) is 0 Å². The lowest BCUT2D eigenvalue weighted by Gasteiger charge is -2.42. The number of carboxylic acids is 1. The lowest BCUT2D eigenvalue weighted by Crippen LogP contribution is -2.34. The number of hydrogen-bond donors (Lipinski definition) is 1. The number of benzene rings is 2. The van der Waals surface area contributed by atoms with Gasteiger partial charge in [-0.2, -0.15) is 0 Å². The highest BCUT2D eigenvalue weighted by atomic mass is 16.5. The van der Waals surface area contributed by atoms with Gasteiger partial charge < -0.3 is 14.6 Å². The van der Waals surface area contributed by atoms with Gasteiger partial charge in [0.2, 0.25) is 0 Å². The molecule has 2 aromatic carbocycles. The molecule has 0 aromatic heterocycles. The number of rotatable bonds is 8. The Hall–Kier alpha value is -2.43. The fraction of sp³-hybridized carbons (Fsp3) is 0.444. The average Bonchev–Trinajstić information content (AvgIpc) is 2.73. The molecule has 0 radical (unpaired) electrons. The lowest BCUT2D eigenvalue weighted by atomic mass is 9.62. The number of carbonyl (C=O) groups is 1. The topological polar surface area (TPSA) is 55.8 Å². The van der Waals surface area contributed by atoms with Gasteiger partial charge in [-0.15, -0.1) is 0 Å². The molecule has 0 aliphatic heterocycles. The third-order valence-corrected chi connectivity index (χ3v) is 6.41. The van der Waals surface area contributed by atoms with Crippen molar-refractivity contribution in [1.29, 1.82) is 0 Å². The molecule has 0 spiro atoms. The van der Waals surface area contributed by atoms with Gasteiger partial charge in [0.05, 0.1) is 25.4 Å². The summed E-state index contributed by atoms with van der Waals surface area (Å²) < 4.78 is 11.0. The highest BCUT2D eigenvalue weighted by Crippen LogP contribution is 2.46. The quantitative estimate of drug-likeness (QED) is 0.414. The van der Waals surface area contributed by atoms with Gasteiger partial charge in [-0.25, -0.2) is 4.79 Å². The molecule has 0 saturated carbocycles. The SMILES string of the molecule is COCCOCc1cc2c(cc1C=Cc1ccc(C(=O)O)cc1)C(C)(C)CCC2(C)C. The van der Waals surface area contributed by atoms with E-state index in [4.69, 9.17) is 14.6 Å². The van der Waals surface area contributed by atoms with E-state index in [2.05, 4.69) is 45.9 Å². The normalized spacial score (nSPS) is 16.9. The van der Waals surface area contributed by atoms with Crippen LogP contribution < -0.4 is 0 Å². The second-order valence-corrected chi connectivity index (χ2v) is 9.67. The summed E-state index contributed by atoms with van der Waals surface area (Å²) in [5.74, 6) is -0.912. The second kappa shape index (κ2) is 9.37. The summed E-state index contributed by atoms with van der Waals surface area (Å²) in [4.78, 5) is 11.1. The van der Waals surface area contributed by atoms with Crippen molar-refractivity contribution in [2.45, 2.75) is 58.0 Å².